The fourth-order valence-electron chi connectivity index (χ4n) is 3.98. The Kier molecular flexibility index (Phi) is 12.1. The van der Waals surface area contributed by atoms with Gasteiger partial charge >= 0.3 is 21.7 Å². The molecular formula is C32H30F4N2O2Ti. The average molecular weight is 598 g/mol. The van der Waals surface area contributed by atoms with Crippen LogP contribution in [0.5, 0.6) is 0 Å². The fourth-order valence-corrected chi connectivity index (χ4v) is 3.98. The van der Waals surface area contributed by atoms with Gasteiger partial charge < -0.3 is 9.80 Å². The van der Waals surface area contributed by atoms with Gasteiger partial charge in [0.15, 0.2) is 0 Å². The topological polar surface area (TPSA) is 40.6 Å². The summed E-state index contributed by atoms with van der Waals surface area (Å²) in [4.78, 5) is 25.7. The van der Waals surface area contributed by atoms with Crippen LogP contribution in [0, 0.1) is 58.4 Å². The maximum absolute atomic E-state index is 13.3. The quantitative estimate of drug-likeness (QED) is 0.164. The van der Waals surface area contributed by atoms with E-state index in [1.807, 2.05) is 36.4 Å². The van der Waals surface area contributed by atoms with Gasteiger partial charge in [-0.15, -0.1) is 49.2 Å². The van der Waals surface area contributed by atoms with Crippen molar-refractivity contribution in [3.8, 4) is 0 Å². The molecule has 2 aliphatic heterocycles. The van der Waals surface area contributed by atoms with Gasteiger partial charge in [-0.2, -0.15) is 12.2 Å². The predicted octanol–water partition coefficient (Wildman–Crippen LogP) is 6.88. The van der Waals surface area contributed by atoms with Crippen molar-refractivity contribution in [2.24, 2.45) is 10.8 Å². The summed E-state index contributed by atoms with van der Waals surface area (Å²) in [5, 5.41) is 0. The molecule has 2 heterocycles. The summed E-state index contributed by atoms with van der Waals surface area (Å²) in [6.45, 7) is 8.05. The van der Waals surface area contributed by atoms with E-state index >= 15 is 0 Å². The molecule has 0 saturated carbocycles. The molecule has 0 aromatic heterocycles. The fraction of sp³-hybridized carbons (Fsp3) is 0.312. The number of carbonyl (C=O) groups excluding carboxylic acids is 2. The molecule has 212 valence electrons. The number of carbonyl (C=O) groups is 2. The van der Waals surface area contributed by atoms with Crippen LogP contribution in [0.1, 0.15) is 40.5 Å². The minimum atomic E-state index is -0.821. The second-order valence-corrected chi connectivity index (χ2v) is 10.6. The van der Waals surface area contributed by atoms with Crippen LogP contribution in [-0.2, 0) is 31.3 Å². The Hall–Kier alpha value is -3.23. The van der Waals surface area contributed by atoms with Crippen molar-refractivity contribution in [1.82, 2.24) is 0 Å². The normalized spacial score (nSPS) is 18.1. The van der Waals surface area contributed by atoms with Crippen molar-refractivity contribution in [1.29, 1.82) is 0 Å². The molecule has 0 bridgehead atoms. The summed E-state index contributed by atoms with van der Waals surface area (Å²) in [5.41, 5.74) is -0.691. The van der Waals surface area contributed by atoms with Gasteiger partial charge in [0, 0.05) is 36.4 Å². The van der Waals surface area contributed by atoms with Crippen molar-refractivity contribution in [3.05, 3.63) is 108 Å². The summed E-state index contributed by atoms with van der Waals surface area (Å²) < 4.78 is 51.7. The molecular weight excluding hydrogens is 568 g/mol. The van der Waals surface area contributed by atoms with Crippen molar-refractivity contribution >= 4 is 23.2 Å². The number of rotatable bonds is 2. The number of halogens is 4. The second kappa shape index (κ2) is 14.6. The summed E-state index contributed by atoms with van der Waals surface area (Å²) in [7, 11) is 0. The van der Waals surface area contributed by atoms with Crippen molar-refractivity contribution in [2.45, 2.75) is 40.5 Å². The van der Waals surface area contributed by atoms with Gasteiger partial charge in [-0.1, -0.05) is 0 Å². The summed E-state index contributed by atoms with van der Waals surface area (Å²) in [5.74, 6) is -3.47. The third-order valence-electron chi connectivity index (χ3n) is 6.19. The SMILES string of the molecule is CC1(C)CN(c2ccc(F)[c-]c2F)C1=O.CC1(C)CN(c2ccc(F)[c-]c2F)C1=O.[C-]1=CC=CC1.[C-]1=CC=CC1.[Ti+4]. The molecule has 6 rings (SSSR count). The number of allylic oxidation sites excluding steroid dienone is 8. The van der Waals surface area contributed by atoms with Crippen LogP contribution in [-0.4, -0.2) is 24.9 Å². The zero-order valence-corrected chi connectivity index (χ0v) is 24.9. The first-order valence-electron chi connectivity index (χ1n) is 12.7. The van der Waals surface area contributed by atoms with E-state index in [1.165, 1.54) is 21.9 Å². The van der Waals surface area contributed by atoms with E-state index < -0.39 is 34.1 Å². The summed E-state index contributed by atoms with van der Waals surface area (Å²) >= 11 is 0. The molecule has 0 radical (unpaired) electrons. The Bertz CT molecular complexity index is 1240. The minimum absolute atomic E-state index is 0. The first-order valence-corrected chi connectivity index (χ1v) is 12.7. The van der Waals surface area contributed by atoms with Gasteiger partial charge in [-0.05, 0) is 39.1 Å². The molecule has 0 N–H and O–H groups in total. The van der Waals surface area contributed by atoms with E-state index in [0.29, 0.717) is 13.1 Å². The van der Waals surface area contributed by atoms with E-state index in [-0.39, 0.29) is 44.9 Å². The van der Waals surface area contributed by atoms with E-state index in [0.717, 1.165) is 25.0 Å². The van der Waals surface area contributed by atoms with Crippen LogP contribution in [0.3, 0.4) is 0 Å². The number of hydrogen-bond donors (Lipinski definition) is 0. The van der Waals surface area contributed by atoms with Gasteiger partial charge in [0.25, 0.3) is 0 Å². The van der Waals surface area contributed by atoms with Gasteiger partial charge in [-0.25, -0.2) is 41.9 Å². The molecule has 4 nitrogen and oxygen atoms in total. The number of anilines is 2. The Morgan fingerprint density at radius 3 is 1.22 bits per heavy atom. The standard InChI is InChI=1S/2C11H10F2NO.2C5H5.Ti/c2*1-11(2)6-14(10(11)15)9-4-3-7(12)5-8(9)13;2*1-2-4-5-3-1;/h2*3-4H,6H2,1-2H3;2*1-3H,4H2;/q4*-1;+4. The molecule has 2 amide bonds. The van der Waals surface area contributed by atoms with Gasteiger partial charge in [0.1, 0.15) is 0 Å². The van der Waals surface area contributed by atoms with E-state index in [4.69, 9.17) is 0 Å². The molecule has 2 aliphatic carbocycles. The van der Waals surface area contributed by atoms with Crippen molar-refractivity contribution in [3.63, 3.8) is 0 Å². The molecule has 2 fully saturated rings. The zero-order chi connectivity index (χ0) is 29.5. The van der Waals surface area contributed by atoms with Gasteiger partial charge in [-0.3, -0.25) is 21.7 Å². The third-order valence-corrected chi connectivity index (χ3v) is 6.19. The predicted molar refractivity (Wildman–Crippen MR) is 146 cm³/mol. The first kappa shape index (κ1) is 34.0. The molecule has 4 aliphatic rings. The van der Waals surface area contributed by atoms with Crippen LogP contribution >= 0.6 is 0 Å². The molecule has 41 heavy (non-hydrogen) atoms. The van der Waals surface area contributed by atoms with Crippen molar-refractivity contribution < 1.29 is 48.9 Å². The monoisotopic (exact) mass is 598 g/mol. The third kappa shape index (κ3) is 8.88. The molecule has 0 unspecified atom stereocenters. The maximum atomic E-state index is 13.3. The second-order valence-electron chi connectivity index (χ2n) is 10.6. The summed E-state index contributed by atoms with van der Waals surface area (Å²) in [6.07, 6.45) is 20.0. The average Bonchev–Trinajstić information content (AvgIpc) is 3.67. The number of nitrogens with zero attached hydrogens (tertiary/aromatic N) is 2. The Morgan fingerprint density at radius 2 is 1.02 bits per heavy atom. The molecule has 2 saturated heterocycles. The Labute approximate surface area is 254 Å². The summed E-state index contributed by atoms with van der Waals surface area (Å²) in [6, 6.07) is 8.52. The molecule has 2 aromatic rings. The molecule has 0 atom stereocenters. The van der Waals surface area contributed by atoms with Crippen LogP contribution in [0.2, 0.25) is 0 Å². The number of β-lactam (4-membered cyclic amide) rings is 2. The van der Waals surface area contributed by atoms with Crippen molar-refractivity contribution in [2.75, 3.05) is 22.9 Å². The number of amides is 2. The Balaban J connectivity index is 0.000000211. The number of benzene rings is 2. The van der Waals surface area contributed by atoms with Crippen LogP contribution in [0.15, 0.2) is 60.7 Å². The van der Waals surface area contributed by atoms with Crippen LogP contribution < -0.4 is 9.80 Å². The van der Waals surface area contributed by atoms with E-state index in [2.05, 4.69) is 24.3 Å². The Morgan fingerprint density at radius 1 is 0.659 bits per heavy atom. The van der Waals surface area contributed by atoms with Crippen LogP contribution in [0.4, 0.5) is 28.9 Å². The van der Waals surface area contributed by atoms with Crippen LogP contribution in [0.25, 0.3) is 0 Å². The van der Waals surface area contributed by atoms with Gasteiger partial charge in [0.2, 0.25) is 11.8 Å². The largest absolute Gasteiger partial charge is 4.00 e. The van der Waals surface area contributed by atoms with Gasteiger partial charge in [0.05, 0.1) is 10.8 Å². The van der Waals surface area contributed by atoms with E-state index in [9.17, 15) is 27.2 Å². The smallest absolute Gasteiger partial charge is 0.362 e. The molecule has 2 aromatic carbocycles. The molecule has 9 heteroatoms. The first-order chi connectivity index (χ1) is 18.8. The zero-order valence-electron chi connectivity index (χ0n) is 23.3. The number of hydrogen-bond acceptors (Lipinski definition) is 2. The van der Waals surface area contributed by atoms with E-state index in [1.54, 1.807) is 27.7 Å². The minimum Gasteiger partial charge on any atom is -0.362 e. The maximum Gasteiger partial charge on any atom is 4.00 e. The molecule has 0 spiro atoms.